The Balaban J connectivity index is 2.82. The summed E-state index contributed by atoms with van der Waals surface area (Å²) in [5, 5.41) is 7.77. The van der Waals surface area contributed by atoms with Crippen LogP contribution in [0.2, 0.25) is 0 Å². The number of amides is 1. The molecule has 0 saturated heterocycles. The van der Waals surface area contributed by atoms with Gasteiger partial charge in [-0.1, -0.05) is 15.9 Å². The van der Waals surface area contributed by atoms with Crippen LogP contribution in [0.25, 0.3) is 0 Å². The second-order valence-corrected chi connectivity index (χ2v) is 4.83. The number of alkyl halides is 1. The van der Waals surface area contributed by atoms with Crippen molar-refractivity contribution in [2.75, 3.05) is 5.33 Å². The summed E-state index contributed by atoms with van der Waals surface area (Å²) in [6.07, 6.45) is 0. The average Bonchev–Trinajstić information content (AvgIpc) is 2.45. The van der Waals surface area contributed by atoms with Crippen molar-refractivity contribution in [1.29, 1.82) is 0 Å². The van der Waals surface area contributed by atoms with E-state index in [9.17, 15) is 4.79 Å². The summed E-state index contributed by atoms with van der Waals surface area (Å²) in [6, 6.07) is 1.78. The number of rotatable bonds is 3. The average molecular weight is 274 g/mol. The highest BCUT2D eigenvalue weighted by Crippen LogP contribution is 2.09. The minimum atomic E-state index is -0.255. The Morgan fingerprint density at radius 3 is 2.67 bits per heavy atom. The van der Waals surface area contributed by atoms with Crippen LogP contribution in [0.1, 0.15) is 30.0 Å². The van der Waals surface area contributed by atoms with Gasteiger partial charge in [0.2, 0.25) is 0 Å². The summed E-state index contributed by atoms with van der Waals surface area (Å²) in [5.41, 5.74) is 1.18. The number of nitrogens with zero attached hydrogens (tertiary/aromatic N) is 2. The predicted molar refractivity (Wildman–Crippen MR) is 63.3 cm³/mol. The van der Waals surface area contributed by atoms with Crippen molar-refractivity contribution in [1.82, 2.24) is 15.1 Å². The fourth-order valence-corrected chi connectivity index (χ4v) is 1.37. The molecule has 0 atom stereocenters. The first-order chi connectivity index (χ1) is 6.85. The maximum atomic E-state index is 11.9. The lowest BCUT2D eigenvalue weighted by molar-refractivity contribution is 0.0911. The van der Waals surface area contributed by atoms with Crippen LogP contribution >= 0.6 is 15.9 Å². The van der Waals surface area contributed by atoms with Crippen molar-refractivity contribution in [3.63, 3.8) is 0 Å². The third-order valence-corrected chi connectivity index (χ3v) is 3.42. The molecule has 1 aromatic rings. The zero-order valence-corrected chi connectivity index (χ0v) is 11.1. The van der Waals surface area contributed by atoms with Crippen LogP contribution < -0.4 is 5.32 Å². The van der Waals surface area contributed by atoms with Crippen molar-refractivity contribution < 1.29 is 4.79 Å². The molecule has 1 rings (SSSR count). The van der Waals surface area contributed by atoms with Gasteiger partial charge in [-0.3, -0.25) is 9.48 Å². The lowest BCUT2D eigenvalue weighted by Gasteiger charge is -2.23. The lowest BCUT2D eigenvalue weighted by atomic mass is 10.1. The van der Waals surface area contributed by atoms with Gasteiger partial charge in [-0.15, -0.1) is 0 Å². The Hall–Kier alpha value is -0.840. The maximum Gasteiger partial charge on any atom is 0.269 e. The number of hydrogen-bond donors (Lipinski definition) is 1. The van der Waals surface area contributed by atoms with Gasteiger partial charge in [0.25, 0.3) is 5.91 Å². The predicted octanol–water partition coefficient (Wildman–Crippen LogP) is 1.63. The number of hydrogen-bond acceptors (Lipinski definition) is 2. The van der Waals surface area contributed by atoms with E-state index in [1.807, 2.05) is 20.8 Å². The first-order valence-corrected chi connectivity index (χ1v) is 5.87. The fourth-order valence-electron chi connectivity index (χ4n) is 1.23. The van der Waals surface area contributed by atoms with Gasteiger partial charge in [0, 0.05) is 17.9 Å². The van der Waals surface area contributed by atoms with E-state index in [0.717, 1.165) is 5.69 Å². The Morgan fingerprint density at radius 1 is 1.67 bits per heavy atom. The molecule has 1 aromatic heterocycles. The summed E-state index contributed by atoms with van der Waals surface area (Å²) in [5.74, 6) is -0.0949. The van der Waals surface area contributed by atoms with Gasteiger partial charge >= 0.3 is 0 Å². The van der Waals surface area contributed by atoms with Gasteiger partial charge in [-0.05, 0) is 26.8 Å². The molecule has 0 unspecified atom stereocenters. The molecule has 5 heteroatoms. The van der Waals surface area contributed by atoms with Crippen LogP contribution in [-0.4, -0.2) is 26.6 Å². The molecule has 0 aliphatic carbocycles. The second kappa shape index (κ2) is 4.35. The van der Waals surface area contributed by atoms with Crippen LogP contribution in [0.3, 0.4) is 0 Å². The summed E-state index contributed by atoms with van der Waals surface area (Å²) in [4.78, 5) is 11.9. The molecule has 1 amide bonds. The summed E-state index contributed by atoms with van der Waals surface area (Å²) in [7, 11) is 1.77. The molecule has 15 heavy (non-hydrogen) atoms. The van der Waals surface area contributed by atoms with Crippen LogP contribution in [0.5, 0.6) is 0 Å². The molecule has 1 heterocycles. The Labute approximate surface area is 98.2 Å². The molecule has 0 aromatic carbocycles. The van der Waals surface area contributed by atoms with Crippen molar-refractivity contribution in [2.45, 2.75) is 26.3 Å². The zero-order chi connectivity index (χ0) is 11.6. The van der Waals surface area contributed by atoms with Crippen molar-refractivity contribution in [2.24, 2.45) is 7.05 Å². The van der Waals surface area contributed by atoms with Crippen LogP contribution in [0, 0.1) is 6.92 Å². The van der Waals surface area contributed by atoms with E-state index in [1.54, 1.807) is 17.8 Å². The summed E-state index contributed by atoms with van der Waals surface area (Å²) in [6.45, 7) is 5.79. The van der Waals surface area contributed by atoms with Gasteiger partial charge in [-0.2, -0.15) is 5.10 Å². The van der Waals surface area contributed by atoms with Gasteiger partial charge in [0.1, 0.15) is 5.69 Å². The normalized spacial score (nSPS) is 11.5. The number of halogens is 1. The number of nitrogens with one attached hydrogen (secondary N) is 1. The fraction of sp³-hybridized carbons (Fsp3) is 0.600. The topological polar surface area (TPSA) is 46.9 Å². The van der Waals surface area contributed by atoms with Gasteiger partial charge in [0.15, 0.2) is 0 Å². The third-order valence-electron chi connectivity index (χ3n) is 2.02. The molecule has 0 bridgehead atoms. The molecule has 0 aliphatic heterocycles. The minimum Gasteiger partial charge on any atom is -0.345 e. The van der Waals surface area contributed by atoms with E-state index in [2.05, 4.69) is 26.3 Å². The van der Waals surface area contributed by atoms with E-state index in [4.69, 9.17) is 0 Å². The van der Waals surface area contributed by atoms with Crippen LogP contribution in [0.4, 0.5) is 0 Å². The lowest BCUT2D eigenvalue weighted by Crippen LogP contribution is -2.45. The van der Waals surface area contributed by atoms with E-state index in [-0.39, 0.29) is 11.4 Å². The van der Waals surface area contributed by atoms with Crippen LogP contribution in [-0.2, 0) is 7.05 Å². The van der Waals surface area contributed by atoms with E-state index in [1.165, 1.54) is 0 Å². The monoisotopic (exact) mass is 273 g/mol. The molecule has 0 saturated carbocycles. The van der Waals surface area contributed by atoms with Crippen molar-refractivity contribution >= 4 is 21.8 Å². The van der Waals surface area contributed by atoms with Gasteiger partial charge in [0.05, 0.1) is 5.69 Å². The summed E-state index contributed by atoms with van der Waals surface area (Å²) >= 11 is 3.36. The minimum absolute atomic E-state index is 0.0949. The molecule has 0 spiro atoms. The molecule has 4 nitrogen and oxygen atoms in total. The number of carbonyl (C=O) groups is 1. The zero-order valence-electron chi connectivity index (χ0n) is 9.47. The molecular weight excluding hydrogens is 258 g/mol. The Bertz CT molecular complexity index is 371. The standard InChI is InChI=1S/C10H16BrN3O/c1-7-5-8(14(4)13-7)9(15)12-10(2,3)6-11/h5H,6H2,1-4H3,(H,12,15). The number of aromatic nitrogens is 2. The Morgan fingerprint density at radius 2 is 2.27 bits per heavy atom. The molecule has 0 aliphatic rings. The number of carbonyl (C=O) groups excluding carboxylic acids is 1. The highest BCUT2D eigenvalue weighted by Gasteiger charge is 2.21. The molecule has 0 radical (unpaired) electrons. The maximum absolute atomic E-state index is 11.9. The third kappa shape index (κ3) is 3.06. The van der Waals surface area contributed by atoms with Crippen molar-refractivity contribution in [3.05, 3.63) is 17.5 Å². The largest absolute Gasteiger partial charge is 0.345 e. The smallest absolute Gasteiger partial charge is 0.269 e. The SMILES string of the molecule is Cc1cc(C(=O)NC(C)(C)CBr)n(C)n1. The highest BCUT2D eigenvalue weighted by atomic mass is 79.9. The quantitative estimate of drug-likeness (QED) is 0.852. The van der Waals surface area contributed by atoms with Gasteiger partial charge < -0.3 is 5.32 Å². The molecule has 1 N–H and O–H groups in total. The highest BCUT2D eigenvalue weighted by molar-refractivity contribution is 9.09. The van der Waals surface area contributed by atoms with E-state index < -0.39 is 0 Å². The molecular formula is C10H16BrN3O. The van der Waals surface area contributed by atoms with Crippen molar-refractivity contribution in [3.8, 4) is 0 Å². The molecule has 0 fully saturated rings. The number of aryl methyl sites for hydroxylation is 2. The molecule has 84 valence electrons. The van der Waals surface area contributed by atoms with Crippen LogP contribution in [0.15, 0.2) is 6.07 Å². The first kappa shape index (κ1) is 12.2. The van der Waals surface area contributed by atoms with E-state index >= 15 is 0 Å². The first-order valence-electron chi connectivity index (χ1n) is 4.75. The second-order valence-electron chi connectivity index (χ2n) is 4.27. The van der Waals surface area contributed by atoms with E-state index in [0.29, 0.717) is 11.0 Å². The van der Waals surface area contributed by atoms with Gasteiger partial charge in [-0.25, -0.2) is 0 Å². The summed E-state index contributed by atoms with van der Waals surface area (Å²) < 4.78 is 1.59. The Kier molecular flexibility index (Phi) is 3.54.